The Bertz CT molecular complexity index is 685. The van der Waals surface area contributed by atoms with Crippen LogP contribution in [0.3, 0.4) is 0 Å². The van der Waals surface area contributed by atoms with Crippen molar-refractivity contribution in [2.75, 3.05) is 25.5 Å². The smallest absolute Gasteiger partial charge is 0.223 e. The quantitative estimate of drug-likeness (QED) is 0.289. The van der Waals surface area contributed by atoms with E-state index in [1.165, 1.54) is 0 Å². The summed E-state index contributed by atoms with van der Waals surface area (Å²) in [5, 5.41) is 3.06. The van der Waals surface area contributed by atoms with Crippen LogP contribution in [0.2, 0.25) is 0 Å². The zero-order valence-electron chi connectivity index (χ0n) is 18.0. The number of Topliss-reactive ketones (excluding diaryl/α,β-unsaturated/α-hetero) is 1. The maximum Gasteiger partial charge on any atom is 0.223 e. The fourth-order valence-electron chi connectivity index (χ4n) is 3.17. The van der Waals surface area contributed by atoms with E-state index >= 15 is 0 Å². The van der Waals surface area contributed by atoms with E-state index in [1.54, 1.807) is 0 Å². The monoisotopic (exact) mass is 521 g/mol. The van der Waals surface area contributed by atoms with E-state index < -0.39 is 6.46 Å². The van der Waals surface area contributed by atoms with Crippen LogP contribution in [0.25, 0.3) is 0 Å². The highest BCUT2D eigenvalue weighted by Gasteiger charge is 2.23. The summed E-state index contributed by atoms with van der Waals surface area (Å²) in [6.07, 6.45) is 3.26. The molecular formula is C21H35BrNO3P3. The van der Waals surface area contributed by atoms with E-state index in [0.717, 1.165) is 30.6 Å². The van der Waals surface area contributed by atoms with Crippen molar-refractivity contribution in [1.82, 2.24) is 5.32 Å². The Morgan fingerprint density at radius 1 is 1.24 bits per heavy atom. The molecule has 0 aliphatic carbocycles. The van der Waals surface area contributed by atoms with Crippen molar-refractivity contribution in [2.24, 2.45) is 11.8 Å². The predicted molar refractivity (Wildman–Crippen MR) is 134 cm³/mol. The third-order valence-electron chi connectivity index (χ3n) is 4.40. The average Bonchev–Trinajstić information content (AvgIpc) is 2.63. The van der Waals surface area contributed by atoms with Gasteiger partial charge in [-0.25, -0.2) is 0 Å². The van der Waals surface area contributed by atoms with E-state index in [1.807, 2.05) is 31.2 Å². The van der Waals surface area contributed by atoms with Crippen LogP contribution in [0.5, 0.6) is 0 Å². The van der Waals surface area contributed by atoms with Crippen molar-refractivity contribution in [3.63, 3.8) is 0 Å². The van der Waals surface area contributed by atoms with E-state index in [-0.39, 0.29) is 24.0 Å². The molecular weight excluding hydrogens is 487 g/mol. The number of carbonyl (C=O) groups excluding carboxylic acids is 2. The van der Waals surface area contributed by atoms with Crippen molar-refractivity contribution in [3.8, 4) is 0 Å². The largest absolute Gasteiger partial charge is 0.355 e. The number of amides is 1. The molecule has 0 bridgehead atoms. The number of benzene rings is 1. The lowest BCUT2D eigenvalue weighted by Gasteiger charge is -2.24. The number of carbonyl (C=O) groups is 2. The second kappa shape index (κ2) is 14.1. The Morgan fingerprint density at radius 3 is 2.45 bits per heavy atom. The summed E-state index contributed by atoms with van der Waals surface area (Å²) in [5.41, 5.74) is 0.979. The molecule has 8 heteroatoms. The predicted octanol–water partition coefficient (Wildman–Crippen LogP) is 6.37. The van der Waals surface area contributed by atoms with Crippen LogP contribution in [0, 0.1) is 11.8 Å². The minimum absolute atomic E-state index is 0.0163. The van der Waals surface area contributed by atoms with Gasteiger partial charge in [0.15, 0.2) is 0 Å². The summed E-state index contributed by atoms with van der Waals surface area (Å²) in [6, 6.07) is 7.76. The summed E-state index contributed by atoms with van der Waals surface area (Å²) < 4.78 is 6.94. The molecule has 1 rings (SSSR count). The minimum atomic E-state index is -1.61. The second-order valence-corrected chi connectivity index (χ2v) is 18.3. The molecule has 0 heterocycles. The summed E-state index contributed by atoms with van der Waals surface area (Å²) >= 11 is 3.41. The van der Waals surface area contributed by atoms with Gasteiger partial charge in [-0.1, -0.05) is 65.6 Å². The molecule has 0 aliphatic heterocycles. The van der Waals surface area contributed by atoms with Gasteiger partial charge in [0.25, 0.3) is 0 Å². The SMILES string of the molecule is CCOP(=P)(CCNC(=O)[C@@H](CC(=O)Cc1ccc(Br)cc1)CC(C)C)PCC. The maximum absolute atomic E-state index is 12.8. The lowest BCUT2D eigenvalue weighted by Crippen LogP contribution is -2.34. The number of rotatable bonds is 14. The molecule has 0 radical (unpaired) electrons. The summed E-state index contributed by atoms with van der Waals surface area (Å²) in [5.74, 6) is 0.175. The molecule has 4 nitrogen and oxygen atoms in total. The van der Waals surface area contributed by atoms with Crippen LogP contribution in [-0.4, -0.2) is 37.2 Å². The fraction of sp³-hybridized carbons (Fsp3) is 0.619. The van der Waals surface area contributed by atoms with Crippen LogP contribution >= 0.6 is 39.2 Å². The molecule has 0 aliphatic rings. The Hall–Kier alpha value is -0.0400. The molecule has 1 amide bonds. The average molecular weight is 522 g/mol. The van der Waals surface area contributed by atoms with Crippen LogP contribution in [0.15, 0.2) is 28.7 Å². The van der Waals surface area contributed by atoms with Gasteiger partial charge < -0.3 is 9.84 Å². The number of hydrogen-bond acceptors (Lipinski definition) is 3. The molecule has 0 fully saturated rings. The lowest BCUT2D eigenvalue weighted by atomic mass is 9.90. The lowest BCUT2D eigenvalue weighted by molar-refractivity contribution is -0.129. The topological polar surface area (TPSA) is 55.4 Å². The molecule has 0 saturated carbocycles. The first-order valence-corrected chi connectivity index (χ1v) is 16.3. The van der Waals surface area contributed by atoms with Crippen molar-refractivity contribution in [3.05, 3.63) is 34.3 Å². The van der Waals surface area contributed by atoms with Gasteiger partial charge in [-0.05, 0) is 43.1 Å². The minimum Gasteiger partial charge on any atom is -0.355 e. The molecule has 1 aromatic carbocycles. The van der Waals surface area contributed by atoms with E-state index in [0.29, 0.717) is 31.9 Å². The molecule has 29 heavy (non-hydrogen) atoms. The van der Waals surface area contributed by atoms with Crippen molar-refractivity contribution in [1.29, 1.82) is 0 Å². The first-order valence-electron chi connectivity index (χ1n) is 10.3. The number of hydrogen-bond donors (Lipinski definition) is 1. The molecule has 3 atom stereocenters. The third kappa shape index (κ3) is 11.2. The molecule has 1 N–H and O–H groups in total. The number of ketones is 1. The zero-order chi connectivity index (χ0) is 21.9. The Balaban J connectivity index is 2.63. The molecule has 2 unspecified atom stereocenters. The van der Waals surface area contributed by atoms with E-state index in [2.05, 4.69) is 50.5 Å². The van der Waals surface area contributed by atoms with Crippen LogP contribution in [-0.2, 0) is 20.5 Å². The van der Waals surface area contributed by atoms with E-state index in [4.69, 9.17) is 4.52 Å². The van der Waals surface area contributed by atoms with Crippen molar-refractivity contribution >= 4 is 50.9 Å². The van der Waals surface area contributed by atoms with Gasteiger partial charge in [-0.3, -0.25) is 9.59 Å². The van der Waals surface area contributed by atoms with Gasteiger partial charge >= 0.3 is 0 Å². The molecule has 0 saturated heterocycles. The molecule has 164 valence electrons. The standard InChI is InChI=1S/C21H35BrNO3P3/c1-5-26-29(27,28-6-2)12-11-23-21(25)18(13-16(3)4)15-20(24)14-17-7-9-19(22)10-8-17/h7-10,16,18,27-28H,5-6,11-15H2,1-4H3,(H,23,25)/t18-,29?/m1/s1. The summed E-state index contributed by atoms with van der Waals surface area (Å²) in [4.78, 5) is 25.4. The Morgan fingerprint density at radius 2 is 1.90 bits per heavy atom. The Labute approximate surface area is 188 Å². The highest BCUT2D eigenvalue weighted by molar-refractivity contribution is 9.10. The Kier molecular flexibility index (Phi) is 13.1. The number of nitrogens with one attached hydrogen (secondary N) is 1. The fourth-order valence-corrected chi connectivity index (χ4v) is 10.3. The normalized spacial score (nSPS) is 14.8. The highest BCUT2D eigenvalue weighted by atomic mass is 79.9. The summed E-state index contributed by atoms with van der Waals surface area (Å²) in [6.45, 7) is 7.98. The van der Waals surface area contributed by atoms with Gasteiger partial charge in [0.2, 0.25) is 5.91 Å². The van der Waals surface area contributed by atoms with Gasteiger partial charge in [-0.2, -0.15) is 0 Å². The number of halogens is 1. The zero-order valence-corrected chi connectivity index (χ0v) is 22.4. The van der Waals surface area contributed by atoms with Gasteiger partial charge in [0.1, 0.15) is 5.78 Å². The van der Waals surface area contributed by atoms with Gasteiger partial charge in [-0.15, -0.1) is 0 Å². The second-order valence-electron chi connectivity index (χ2n) is 7.56. The van der Waals surface area contributed by atoms with Gasteiger partial charge in [0.05, 0.1) is 0 Å². The molecule has 0 spiro atoms. The van der Waals surface area contributed by atoms with Crippen LogP contribution in [0.1, 0.15) is 46.1 Å². The van der Waals surface area contributed by atoms with Crippen LogP contribution in [0.4, 0.5) is 0 Å². The highest BCUT2D eigenvalue weighted by Crippen LogP contribution is 2.68. The molecule has 0 aromatic heterocycles. The maximum atomic E-state index is 12.8. The van der Waals surface area contributed by atoms with Crippen LogP contribution < -0.4 is 5.32 Å². The molecule has 1 aromatic rings. The third-order valence-corrected chi connectivity index (χ3v) is 13.3. The van der Waals surface area contributed by atoms with Crippen molar-refractivity contribution < 1.29 is 14.1 Å². The first-order chi connectivity index (χ1) is 13.7. The van der Waals surface area contributed by atoms with Gasteiger partial charge in [0, 0.05) is 49.0 Å². The summed E-state index contributed by atoms with van der Waals surface area (Å²) in [7, 11) is 4.60. The first kappa shape index (κ1) is 27.0. The van der Waals surface area contributed by atoms with Crippen molar-refractivity contribution in [2.45, 2.75) is 47.0 Å². The van der Waals surface area contributed by atoms with E-state index in [9.17, 15) is 9.59 Å².